The first-order valence-electron chi connectivity index (χ1n) is 7.46. The second-order valence-electron chi connectivity index (χ2n) is 5.50. The molecule has 0 aliphatic carbocycles. The summed E-state index contributed by atoms with van der Waals surface area (Å²) in [6.07, 6.45) is 3.10. The van der Waals surface area contributed by atoms with Gasteiger partial charge in [0.05, 0.1) is 0 Å². The summed E-state index contributed by atoms with van der Waals surface area (Å²) in [6.45, 7) is 8.40. The summed E-state index contributed by atoms with van der Waals surface area (Å²) in [5.74, 6) is 0.0328. The fraction of sp³-hybridized carbons (Fsp3) is 0.471. The molecule has 108 valence electrons. The summed E-state index contributed by atoms with van der Waals surface area (Å²) >= 11 is 0. The van der Waals surface area contributed by atoms with Crippen LogP contribution in [0.25, 0.3) is 10.9 Å². The van der Waals surface area contributed by atoms with Gasteiger partial charge in [-0.2, -0.15) is 0 Å². The lowest BCUT2D eigenvalue weighted by Gasteiger charge is -2.16. The van der Waals surface area contributed by atoms with Crippen molar-refractivity contribution in [3.63, 3.8) is 0 Å². The lowest BCUT2D eigenvalue weighted by atomic mass is 10.1. The Morgan fingerprint density at radius 3 is 2.70 bits per heavy atom. The summed E-state index contributed by atoms with van der Waals surface area (Å²) in [5, 5.41) is 4.26. The Morgan fingerprint density at radius 1 is 1.30 bits per heavy atom. The first-order valence-corrected chi connectivity index (χ1v) is 7.46. The summed E-state index contributed by atoms with van der Waals surface area (Å²) in [6, 6.07) is 6.15. The molecule has 0 radical (unpaired) electrons. The molecule has 1 aromatic heterocycles. The van der Waals surface area contributed by atoms with Gasteiger partial charge in [0.1, 0.15) is 0 Å². The quantitative estimate of drug-likeness (QED) is 0.846. The minimum Gasteiger partial charge on any atom is -0.358 e. The average Bonchev–Trinajstić information content (AvgIpc) is 2.73. The van der Waals surface area contributed by atoms with Crippen LogP contribution in [-0.4, -0.2) is 16.9 Å². The molecule has 0 bridgehead atoms. The molecule has 0 spiro atoms. The zero-order valence-corrected chi connectivity index (χ0v) is 12.8. The number of carbonyl (C=O) groups is 1. The van der Waals surface area contributed by atoms with E-state index in [4.69, 9.17) is 0 Å². The highest BCUT2D eigenvalue weighted by molar-refractivity contribution is 5.99. The number of amides is 1. The fourth-order valence-electron chi connectivity index (χ4n) is 2.60. The second kappa shape index (κ2) is 6.12. The van der Waals surface area contributed by atoms with Gasteiger partial charge in [0.15, 0.2) is 0 Å². The third kappa shape index (κ3) is 2.87. The molecule has 0 aliphatic rings. The van der Waals surface area contributed by atoms with Crippen molar-refractivity contribution in [2.45, 2.75) is 53.0 Å². The van der Waals surface area contributed by atoms with Crippen LogP contribution in [0.15, 0.2) is 18.2 Å². The summed E-state index contributed by atoms with van der Waals surface area (Å²) < 4.78 is 0. The number of H-pyrrole nitrogens is 1. The van der Waals surface area contributed by atoms with Crippen LogP contribution in [0.2, 0.25) is 0 Å². The van der Waals surface area contributed by atoms with Crippen molar-refractivity contribution in [3.05, 3.63) is 35.0 Å². The van der Waals surface area contributed by atoms with E-state index < -0.39 is 0 Å². The van der Waals surface area contributed by atoms with Crippen molar-refractivity contribution >= 4 is 16.8 Å². The summed E-state index contributed by atoms with van der Waals surface area (Å²) in [4.78, 5) is 15.7. The van der Waals surface area contributed by atoms with Gasteiger partial charge in [-0.05, 0) is 50.5 Å². The van der Waals surface area contributed by atoms with Crippen molar-refractivity contribution in [2.24, 2.45) is 0 Å². The number of benzene rings is 1. The monoisotopic (exact) mass is 272 g/mol. The maximum absolute atomic E-state index is 12.3. The van der Waals surface area contributed by atoms with Crippen LogP contribution < -0.4 is 5.32 Å². The van der Waals surface area contributed by atoms with Gasteiger partial charge in [0, 0.05) is 28.2 Å². The smallest absolute Gasteiger partial charge is 0.251 e. The van der Waals surface area contributed by atoms with Crippen LogP contribution in [0.1, 0.15) is 54.7 Å². The molecular formula is C17H24N2O. The Kier molecular flexibility index (Phi) is 4.48. The Labute approximate surface area is 120 Å². The zero-order chi connectivity index (χ0) is 14.7. The highest BCUT2D eigenvalue weighted by atomic mass is 16.1. The molecule has 2 rings (SSSR count). The van der Waals surface area contributed by atoms with E-state index in [-0.39, 0.29) is 11.9 Å². The highest BCUT2D eigenvalue weighted by Crippen LogP contribution is 2.22. The number of aromatic amines is 1. The first-order chi connectivity index (χ1) is 9.56. The molecule has 1 unspecified atom stereocenters. The molecule has 20 heavy (non-hydrogen) atoms. The van der Waals surface area contributed by atoms with Crippen LogP contribution in [0.5, 0.6) is 0 Å². The second-order valence-corrected chi connectivity index (χ2v) is 5.50. The van der Waals surface area contributed by atoms with E-state index in [2.05, 4.69) is 38.0 Å². The SMILES string of the molecule is CCCC(CC)NC(=O)c1ccc2[nH]c(C)c(C)c2c1. The molecule has 0 fully saturated rings. The Balaban J connectivity index is 2.24. The first kappa shape index (κ1) is 14.6. The van der Waals surface area contributed by atoms with Gasteiger partial charge >= 0.3 is 0 Å². The number of hydrogen-bond donors (Lipinski definition) is 2. The number of hydrogen-bond acceptors (Lipinski definition) is 1. The molecule has 1 amide bonds. The molecule has 0 saturated carbocycles. The van der Waals surface area contributed by atoms with E-state index in [0.29, 0.717) is 0 Å². The predicted molar refractivity (Wildman–Crippen MR) is 84.2 cm³/mol. The fourth-order valence-corrected chi connectivity index (χ4v) is 2.60. The topological polar surface area (TPSA) is 44.9 Å². The van der Waals surface area contributed by atoms with E-state index in [1.54, 1.807) is 0 Å². The van der Waals surface area contributed by atoms with Crippen molar-refractivity contribution in [3.8, 4) is 0 Å². The average molecular weight is 272 g/mol. The highest BCUT2D eigenvalue weighted by Gasteiger charge is 2.13. The number of aryl methyl sites for hydroxylation is 2. The molecule has 3 heteroatoms. The van der Waals surface area contributed by atoms with Crippen LogP contribution in [0.4, 0.5) is 0 Å². The maximum Gasteiger partial charge on any atom is 0.251 e. The minimum atomic E-state index is 0.0328. The van der Waals surface area contributed by atoms with E-state index in [1.165, 1.54) is 5.56 Å². The van der Waals surface area contributed by atoms with E-state index >= 15 is 0 Å². The number of rotatable bonds is 5. The Morgan fingerprint density at radius 2 is 2.05 bits per heavy atom. The standard InChI is InChI=1S/C17H24N2O/c1-5-7-14(6-2)19-17(20)13-8-9-16-15(10-13)11(3)12(4)18-16/h8-10,14,18H,5-7H2,1-4H3,(H,19,20). The molecule has 2 N–H and O–H groups in total. The van der Waals surface area contributed by atoms with E-state index in [9.17, 15) is 4.79 Å². The van der Waals surface area contributed by atoms with Crippen LogP contribution in [0.3, 0.4) is 0 Å². The van der Waals surface area contributed by atoms with Gasteiger partial charge < -0.3 is 10.3 Å². The minimum absolute atomic E-state index is 0.0328. The molecule has 1 atom stereocenters. The predicted octanol–water partition coefficient (Wildman–Crippen LogP) is 4.09. The molecule has 1 heterocycles. The number of aromatic nitrogens is 1. The number of nitrogens with one attached hydrogen (secondary N) is 2. The third-order valence-corrected chi connectivity index (χ3v) is 4.04. The largest absolute Gasteiger partial charge is 0.358 e. The molecule has 3 nitrogen and oxygen atoms in total. The van der Waals surface area contributed by atoms with Gasteiger partial charge in [-0.15, -0.1) is 0 Å². The molecule has 2 aromatic rings. The maximum atomic E-state index is 12.3. The van der Waals surface area contributed by atoms with E-state index in [1.807, 2.05) is 18.2 Å². The van der Waals surface area contributed by atoms with Crippen molar-refractivity contribution in [2.75, 3.05) is 0 Å². The number of carbonyl (C=O) groups excluding carboxylic acids is 1. The molecule has 0 aliphatic heterocycles. The lowest BCUT2D eigenvalue weighted by Crippen LogP contribution is -2.34. The Hall–Kier alpha value is -1.77. The van der Waals surface area contributed by atoms with Crippen LogP contribution in [-0.2, 0) is 0 Å². The summed E-state index contributed by atoms with van der Waals surface area (Å²) in [7, 11) is 0. The van der Waals surface area contributed by atoms with Crippen molar-refractivity contribution < 1.29 is 4.79 Å². The normalized spacial score (nSPS) is 12.6. The third-order valence-electron chi connectivity index (χ3n) is 4.04. The van der Waals surface area contributed by atoms with Gasteiger partial charge in [0.2, 0.25) is 0 Å². The van der Waals surface area contributed by atoms with Gasteiger partial charge in [-0.1, -0.05) is 20.3 Å². The van der Waals surface area contributed by atoms with E-state index in [0.717, 1.165) is 41.4 Å². The zero-order valence-electron chi connectivity index (χ0n) is 12.8. The lowest BCUT2D eigenvalue weighted by molar-refractivity contribution is 0.0934. The summed E-state index contributed by atoms with van der Waals surface area (Å²) in [5.41, 5.74) is 4.22. The van der Waals surface area contributed by atoms with Gasteiger partial charge in [-0.3, -0.25) is 4.79 Å². The Bertz CT molecular complexity index is 613. The van der Waals surface area contributed by atoms with Gasteiger partial charge in [0.25, 0.3) is 5.91 Å². The molecule has 0 saturated heterocycles. The van der Waals surface area contributed by atoms with Crippen molar-refractivity contribution in [1.29, 1.82) is 0 Å². The molecular weight excluding hydrogens is 248 g/mol. The van der Waals surface area contributed by atoms with Crippen LogP contribution in [0, 0.1) is 13.8 Å². The number of fused-ring (bicyclic) bond motifs is 1. The van der Waals surface area contributed by atoms with Gasteiger partial charge in [-0.25, -0.2) is 0 Å². The van der Waals surface area contributed by atoms with Crippen molar-refractivity contribution in [1.82, 2.24) is 10.3 Å². The molecule has 1 aromatic carbocycles. The van der Waals surface area contributed by atoms with Crippen LogP contribution >= 0.6 is 0 Å².